The second kappa shape index (κ2) is 12.2. The first-order valence-electron chi connectivity index (χ1n) is 14.3. The molecule has 9 heteroatoms. The molecule has 218 valence electrons. The smallest absolute Gasteiger partial charge is 0.307 e. The molecular weight excluding hydrogens is 536 g/mol. The summed E-state index contributed by atoms with van der Waals surface area (Å²) in [6.45, 7) is 7.45. The zero-order chi connectivity index (χ0) is 29.3. The van der Waals surface area contributed by atoms with Gasteiger partial charge in [0.2, 0.25) is 0 Å². The van der Waals surface area contributed by atoms with Gasteiger partial charge in [0.15, 0.2) is 5.13 Å². The molecule has 1 aliphatic heterocycles. The summed E-state index contributed by atoms with van der Waals surface area (Å²) >= 11 is 1.61. The molecule has 5 rings (SSSR count). The number of aromatic nitrogens is 1. The van der Waals surface area contributed by atoms with E-state index >= 15 is 0 Å². The van der Waals surface area contributed by atoms with Crippen LogP contribution in [0.1, 0.15) is 39.9 Å². The van der Waals surface area contributed by atoms with Gasteiger partial charge in [-0.3, -0.25) is 9.59 Å². The lowest BCUT2D eigenvalue weighted by atomic mass is 9.85. The molecule has 2 heterocycles. The number of aryl methyl sites for hydroxylation is 2. The van der Waals surface area contributed by atoms with E-state index in [-0.39, 0.29) is 23.7 Å². The van der Waals surface area contributed by atoms with Crippen LogP contribution in [0.5, 0.6) is 5.75 Å². The molecule has 0 radical (unpaired) electrons. The fourth-order valence-electron chi connectivity index (χ4n) is 6.10. The van der Waals surface area contributed by atoms with Gasteiger partial charge >= 0.3 is 5.97 Å². The van der Waals surface area contributed by atoms with Gasteiger partial charge in [0, 0.05) is 49.7 Å². The Kier molecular flexibility index (Phi) is 8.66. The summed E-state index contributed by atoms with van der Waals surface area (Å²) in [4.78, 5) is 35.7. The van der Waals surface area contributed by atoms with Gasteiger partial charge in [-0.1, -0.05) is 17.7 Å². The number of amides is 1. The average Bonchev–Trinajstić information content (AvgIpc) is 3.54. The Morgan fingerprint density at radius 3 is 2.44 bits per heavy atom. The van der Waals surface area contributed by atoms with E-state index in [0.717, 1.165) is 71.3 Å². The van der Waals surface area contributed by atoms with Gasteiger partial charge in [0.1, 0.15) is 12.4 Å². The Morgan fingerprint density at radius 1 is 1.05 bits per heavy atom. The fourth-order valence-corrected chi connectivity index (χ4v) is 6.95. The molecule has 2 aliphatic rings. The highest BCUT2D eigenvalue weighted by Crippen LogP contribution is 2.44. The topological polar surface area (TPSA) is 86.2 Å². The molecule has 1 unspecified atom stereocenters. The van der Waals surface area contributed by atoms with Crippen molar-refractivity contribution in [1.82, 2.24) is 14.8 Å². The van der Waals surface area contributed by atoms with Crippen molar-refractivity contribution in [2.45, 2.75) is 33.3 Å². The highest BCUT2D eigenvalue weighted by Gasteiger charge is 2.46. The summed E-state index contributed by atoms with van der Waals surface area (Å²) in [6.07, 6.45) is 1.96. The summed E-state index contributed by atoms with van der Waals surface area (Å²) in [5.41, 5.74) is 5.66. The Labute approximate surface area is 246 Å². The minimum absolute atomic E-state index is 0.0165. The van der Waals surface area contributed by atoms with Crippen molar-refractivity contribution in [1.29, 1.82) is 0 Å². The van der Waals surface area contributed by atoms with Gasteiger partial charge in [-0.25, -0.2) is 4.98 Å². The number of anilines is 1. The van der Waals surface area contributed by atoms with Crippen LogP contribution in [0.15, 0.2) is 41.8 Å². The number of piperidine rings is 1. The number of hydrogen-bond acceptors (Lipinski definition) is 7. The number of carbonyl (C=O) groups is 2. The number of rotatable bonds is 10. The highest BCUT2D eigenvalue weighted by atomic mass is 32.1. The fraction of sp³-hybridized carbons (Fsp3) is 0.469. The lowest BCUT2D eigenvalue weighted by molar-refractivity contribution is -0.144. The standard InChI is InChI=1S/C32H40N4O4S/c1-20-6-11-28(40-18-25-10-7-22(15-21(25)2)30(37)35(5)13-12-34(3)4)26(14-20)27-19-41-32(33-27)36-16-23-8-9-24(17-36)29(23)31(38)39/h6-7,10-11,14-15,19,23-24,29H,8-9,12-13,16-18H2,1-5H3,(H,38,39)/t23-,24+,29?. The maximum atomic E-state index is 12.9. The maximum Gasteiger partial charge on any atom is 0.307 e. The summed E-state index contributed by atoms with van der Waals surface area (Å²) in [7, 11) is 5.84. The predicted octanol–water partition coefficient (Wildman–Crippen LogP) is 5.19. The third-order valence-corrected chi connectivity index (χ3v) is 9.40. The summed E-state index contributed by atoms with van der Waals surface area (Å²) in [5, 5.41) is 12.7. The first-order valence-corrected chi connectivity index (χ1v) is 15.2. The van der Waals surface area contributed by atoms with Crippen LogP contribution < -0.4 is 9.64 Å². The molecule has 0 spiro atoms. The molecule has 1 saturated heterocycles. The SMILES string of the molecule is Cc1ccc(OCc2ccc(C(=O)N(C)CCN(C)C)cc2C)c(-c2csc(N3C[C@H]4CC[C@@H](C3)C4C(=O)O)n2)c1. The van der Waals surface area contributed by atoms with E-state index in [1.165, 1.54) is 0 Å². The number of benzene rings is 2. The first-order chi connectivity index (χ1) is 19.6. The lowest BCUT2D eigenvalue weighted by Gasteiger charge is -2.35. The van der Waals surface area contributed by atoms with Crippen LogP contribution in [-0.2, 0) is 11.4 Å². The Morgan fingerprint density at radius 2 is 1.78 bits per heavy atom. The number of aliphatic carboxylic acids is 1. The van der Waals surface area contributed by atoms with E-state index in [1.54, 1.807) is 16.2 Å². The summed E-state index contributed by atoms with van der Waals surface area (Å²) in [5.74, 6) is 0.298. The number of carbonyl (C=O) groups excluding carboxylic acids is 1. The van der Waals surface area contributed by atoms with Crippen molar-refractivity contribution >= 4 is 28.3 Å². The summed E-state index contributed by atoms with van der Waals surface area (Å²) in [6, 6.07) is 11.9. The quantitative estimate of drug-likeness (QED) is 0.356. The van der Waals surface area contributed by atoms with Gasteiger partial charge in [-0.15, -0.1) is 11.3 Å². The van der Waals surface area contributed by atoms with Crippen molar-refractivity contribution in [2.24, 2.45) is 17.8 Å². The van der Waals surface area contributed by atoms with Gasteiger partial charge in [-0.2, -0.15) is 0 Å². The van der Waals surface area contributed by atoms with Crippen molar-refractivity contribution < 1.29 is 19.4 Å². The number of ether oxygens (including phenoxy) is 1. The Balaban J connectivity index is 1.28. The highest BCUT2D eigenvalue weighted by molar-refractivity contribution is 7.14. The number of hydrogen-bond donors (Lipinski definition) is 1. The number of likely N-dealkylation sites (N-methyl/N-ethyl adjacent to an activating group) is 2. The third kappa shape index (κ3) is 6.41. The third-order valence-electron chi connectivity index (χ3n) is 8.49. The molecular formula is C32H40N4O4S. The molecule has 3 aromatic rings. The molecule has 2 aromatic carbocycles. The minimum Gasteiger partial charge on any atom is -0.488 e. The minimum atomic E-state index is -0.651. The number of nitrogens with zero attached hydrogens (tertiary/aromatic N) is 4. The monoisotopic (exact) mass is 576 g/mol. The predicted molar refractivity (Wildman–Crippen MR) is 163 cm³/mol. The van der Waals surface area contributed by atoms with Gasteiger partial charge < -0.3 is 24.5 Å². The van der Waals surface area contributed by atoms with E-state index in [2.05, 4.69) is 28.2 Å². The van der Waals surface area contributed by atoms with Crippen molar-refractivity contribution in [3.05, 3.63) is 64.0 Å². The van der Waals surface area contributed by atoms with Gasteiger partial charge in [-0.05, 0) is 88.0 Å². The second-order valence-electron chi connectivity index (χ2n) is 11.8. The molecule has 1 saturated carbocycles. The molecule has 1 amide bonds. The molecule has 3 atom stereocenters. The number of carboxylic acid groups (broad SMARTS) is 1. The van der Waals surface area contributed by atoms with Gasteiger partial charge in [0.05, 0.1) is 11.6 Å². The molecule has 1 aromatic heterocycles. The van der Waals surface area contributed by atoms with Crippen LogP contribution in [0.25, 0.3) is 11.3 Å². The number of fused-ring (bicyclic) bond motifs is 2. The van der Waals surface area contributed by atoms with Crippen LogP contribution in [0.2, 0.25) is 0 Å². The van der Waals surface area contributed by atoms with Gasteiger partial charge in [0.25, 0.3) is 5.91 Å². The maximum absolute atomic E-state index is 12.9. The molecule has 2 fully saturated rings. The van der Waals surface area contributed by atoms with Crippen LogP contribution in [0.4, 0.5) is 5.13 Å². The number of carboxylic acids is 1. The van der Waals surface area contributed by atoms with Crippen LogP contribution in [-0.4, -0.2) is 79.1 Å². The number of thiazole rings is 1. The lowest BCUT2D eigenvalue weighted by Crippen LogP contribution is -2.44. The zero-order valence-electron chi connectivity index (χ0n) is 24.6. The van der Waals surface area contributed by atoms with Crippen molar-refractivity contribution in [3.63, 3.8) is 0 Å². The van der Waals surface area contributed by atoms with Crippen LogP contribution in [0, 0.1) is 31.6 Å². The molecule has 1 aliphatic carbocycles. The molecule has 41 heavy (non-hydrogen) atoms. The largest absolute Gasteiger partial charge is 0.488 e. The summed E-state index contributed by atoms with van der Waals surface area (Å²) < 4.78 is 6.35. The Bertz CT molecular complexity index is 1410. The van der Waals surface area contributed by atoms with E-state index in [0.29, 0.717) is 18.7 Å². The Hall–Kier alpha value is -3.43. The van der Waals surface area contributed by atoms with Crippen molar-refractivity contribution in [3.8, 4) is 17.0 Å². The average molecular weight is 577 g/mol. The molecule has 2 bridgehead atoms. The van der Waals surface area contributed by atoms with E-state index in [9.17, 15) is 14.7 Å². The molecule has 1 N–H and O–H groups in total. The van der Waals surface area contributed by atoms with Crippen LogP contribution >= 0.6 is 11.3 Å². The van der Waals surface area contributed by atoms with Crippen LogP contribution in [0.3, 0.4) is 0 Å². The van der Waals surface area contributed by atoms with Crippen molar-refractivity contribution in [2.75, 3.05) is 52.2 Å². The first kappa shape index (κ1) is 29.1. The normalized spacial score (nSPS) is 20.0. The van der Waals surface area contributed by atoms with E-state index < -0.39 is 5.97 Å². The van der Waals surface area contributed by atoms with E-state index in [1.807, 2.05) is 58.4 Å². The second-order valence-corrected chi connectivity index (χ2v) is 12.7. The zero-order valence-corrected chi connectivity index (χ0v) is 25.4. The van der Waals surface area contributed by atoms with E-state index in [4.69, 9.17) is 9.72 Å². The molecule has 8 nitrogen and oxygen atoms in total.